The molecule has 0 spiro atoms. The van der Waals surface area contributed by atoms with Crippen molar-refractivity contribution in [3.63, 3.8) is 0 Å². The zero-order valence-electron chi connectivity index (χ0n) is 14.3. The van der Waals surface area contributed by atoms with Crippen LogP contribution in [0, 0.1) is 0 Å². The number of benzene rings is 3. The minimum atomic E-state index is -0.421. The summed E-state index contributed by atoms with van der Waals surface area (Å²) in [5.74, 6) is -0.664. The zero-order valence-corrected chi connectivity index (χ0v) is 15.0. The Hall–Kier alpha value is -2.91. The lowest BCUT2D eigenvalue weighted by Crippen LogP contribution is -2.19. The smallest absolute Gasteiger partial charge is 0.231 e. The summed E-state index contributed by atoms with van der Waals surface area (Å²) in [5, 5.41) is 3.32. The van der Waals surface area contributed by atoms with Gasteiger partial charge in [-0.25, -0.2) is 0 Å². The molecule has 130 valence electrons. The predicted molar refractivity (Wildman–Crippen MR) is 105 cm³/mol. The second-order valence-electron chi connectivity index (χ2n) is 6.01. The Labute approximate surface area is 157 Å². The van der Waals surface area contributed by atoms with E-state index in [0.29, 0.717) is 21.8 Å². The first-order chi connectivity index (χ1) is 12.6. The van der Waals surface area contributed by atoms with Gasteiger partial charge in [-0.1, -0.05) is 72.3 Å². The molecular weight excluding hydrogens is 346 g/mol. The van der Waals surface area contributed by atoms with E-state index in [2.05, 4.69) is 5.32 Å². The van der Waals surface area contributed by atoms with Crippen LogP contribution in [0.5, 0.6) is 0 Å². The molecule has 0 bridgehead atoms. The Kier molecular flexibility index (Phi) is 5.49. The van der Waals surface area contributed by atoms with Crippen LogP contribution < -0.4 is 5.32 Å². The molecule has 0 aliphatic heterocycles. The molecule has 1 amide bonds. The fourth-order valence-corrected chi connectivity index (χ4v) is 2.84. The van der Waals surface area contributed by atoms with Crippen molar-refractivity contribution in [2.75, 3.05) is 5.32 Å². The molecule has 1 N–H and O–H groups in total. The maximum Gasteiger partial charge on any atom is 0.231 e. The van der Waals surface area contributed by atoms with Crippen LogP contribution in [-0.4, -0.2) is 11.7 Å². The summed E-state index contributed by atoms with van der Waals surface area (Å²) in [6.07, 6.45) is 0. The van der Waals surface area contributed by atoms with Gasteiger partial charge in [0.1, 0.15) is 0 Å². The van der Waals surface area contributed by atoms with Crippen molar-refractivity contribution in [2.45, 2.75) is 12.8 Å². The summed E-state index contributed by atoms with van der Waals surface area (Å²) in [6, 6.07) is 23.4. The van der Waals surface area contributed by atoms with E-state index in [1.807, 2.05) is 30.3 Å². The predicted octanol–water partition coefficient (Wildman–Crippen LogP) is 5.31. The minimum Gasteiger partial charge on any atom is -0.324 e. The molecule has 3 aromatic rings. The Morgan fingerprint density at radius 3 is 2.23 bits per heavy atom. The number of nitrogens with one attached hydrogen (secondary N) is 1. The minimum absolute atomic E-state index is 0.0637. The van der Waals surface area contributed by atoms with Crippen molar-refractivity contribution in [1.29, 1.82) is 0 Å². The Morgan fingerprint density at radius 2 is 1.50 bits per heavy atom. The average Bonchev–Trinajstić information content (AvgIpc) is 2.69. The highest BCUT2D eigenvalue weighted by Crippen LogP contribution is 2.24. The SMILES string of the molecule is C[C@H](C(=O)Nc1ccccc1Cl)c1cccc(C(=O)c2ccccc2)c1. The number of carbonyl (C=O) groups is 2. The molecule has 0 saturated heterocycles. The van der Waals surface area contributed by atoms with E-state index in [0.717, 1.165) is 5.56 Å². The zero-order chi connectivity index (χ0) is 18.5. The van der Waals surface area contributed by atoms with Gasteiger partial charge in [0, 0.05) is 11.1 Å². The number of para-hydroxylation sites is 1. The van der Waals surface area contributed by atoms with E-state index in [9.17, 15) is 9.59 Å². The Balaban J connectivity index is 1.80. The number of amides is 1. The number of hydrogen-bond donors (Lipinski definition) is 1. The first-order valence-corrected chi connectivity index (χ1v) is 8.69. The molecule has 26 heavy (non-hydrogen) atoms. The summed E-state index contributed by atoms with van der Waals surface area (Å²) in [5.41, 5.74) is 2.53. The first kappa shape index (κ1) is 17.9. The van der Waals surface area contributed by atoms with Gasteiger partial charge >= 0.3 is 0 Å². The molecule has 0 aliphatic rings. The second-order valence-corrected chi connectivity index (χ2v) is 6.42. The van der Waals surface area contributed by atoms with Crippen molar-refractivity contribution in [3.05, 3.63) is 101 Å². The maximum atomic E-state index is 12.6. The van der Waals surface area contributed by atoms with Crippen molar-refractivity contribution in [3.8, 4) is 0 Å². The van der Waals surface area contributed by atoms with Crippen LogP contribution in [0.15, 0.2) is 78.9 Å². The average molecular weight is 364 g/mol. The van der Waals surface area contributed by atoms with E-state index in [-0.39, 0.29) is 11.7 Å². The van der Waals surface area contributed by atoms with Crippen molar-refractivity contribution in [2.24, 2.45) is 0 Å². The molecule has 0 fully saturated rings. The van der Waals surface area contributed by atoms with Gasteiger partial charge in [-0.3, -0.25) is 9.59 Å². The number of anilines is 1. The van der Waals surface area contributed by atoms with E-state index >= 15 is 0 Å². The first-order valence-electron chi connectivity index (χ1n) is 8.31. The lowest BCUT2D eigenvalue weighted by atomic mass is 9.95. The number of halogens is 1. The van der Waals surface area contributed by atoms with E-state index in [1.54, 1.807) is 55.5 Å². The lowest BCUT2D eigenvalue weighted by Gasteiger charge is -2.14. The number of ketones is 1. The highest BCUT2D eigenvalue weighted by molar-refractivity contribution is 6.33. The molecule has 0 saturated carbocycles. The number of hydrogen-bond acceptors (Lipinski definition) is 2. The van der Waals surface area contributed by atoms with Gasteiger partial charge < -0.3 is 5.32 Å². The fraction of sp³-hybridized carbons (Fsp3) is 0.0909. The van der Waals surface area contributed by atoms with Crippen LogP contribution in [-0.2, 0) is 4.79 Å². The van der Waals surface area contributed by atoms with Gasteiger partial charge in [0.2, 0.25) is 5.91 Å². The molecule has 0 heterocycles. The molecular formula is C22H18ClNO2. The Morgan fingerprint density at radius 1 is 0.846 bits per heavy atom. The van der Waals surface area contributed by atoms with Gasteiger partial charge in [-0.2, -0.15) is 0 Å². The molecule has 1 atom stereocenters. The van der Waals surface area contributed by atoms with Gasteiger partial charge in [0.25, 0.3) is 0 Å². The standard InChI is InChI=1S/C22H18ClNO2/c1-15(22(26)24-20-13-6-5-12-19(20)23)17-10-7-11-18(14-17)21(25)16-8-3-2-4-9-16/h2-15H,1H3,(H,24,26)/t15-/m0/s1. The molecule has 3 aromatic carbocycles. The van der Waals surface area contributed by atoms with Crippen LogP contribution >= 0.6 is 11.6 Å². The highest BCUT2D eigenvalue weighted by atomic mass is 35.5. The van der Waals surface area contributed by atoms with Gasteiger partial charge in [-0.15, -0.1) is 0 Å². The van der Waals surface area contributed by atoms with Crippen LogP contribution in [0.2, 0.25) is 5.02 Å². The molecule has 4 heteroatoms. The molecule has 3 rings (SSSR count). The normalized spacial score (nSPS) is 11.6. The summed E-state index contributed by atoms with van der Waals surface area (Å²) in [4.78, 5) is 25.2. The van der Waals surface area contributed by atoms with E-state index < -0.39 is 5.92 Å². The van der Waals surface area contributed by atoms with Crippen molar-refractivity contribution in [1.82, 2.24) is 0 Å². The topological polar surface area (TPSA) is 46.2 Å². The monoisotopic (exact) mass is 363 g/mol. The molecule has 3 nitrogen and oxygen atoms in total. The fourth-order valence-electron chi connectivity index (χ4n) is 2.66. The van der Waals surface area contributed by atoms with Gasteiger partial charge in [0.15, 0.2) is 5.78 Å². The highest BCUT2D eigenvalue weighted by Gasteiger charge is 2.18. The maximum absolute atomic E-state index is 12.6. The second kappa shape index (κ2) is 7.98. The van der Waals surface area contributed by atoms with Crippen LogP contribution in [0.1, 0.15) is 34.3 Å². The van der Waals surface area contributed by atoms with Gasteiger partial charge in [-0.05, 0) is 30.7 Å². The summed E-state index contributed by atoms with van der Waals surface area (Å²) < 4.78 is 0. The third-order valence-electron chi connectivity index (χ3n) is 4.21. The lowest BCUT2D eigenvalue weighted by molar-refractivity contribution is -0.117. The molecule has 0 unspecified atom stereocenters. The van der Waals surface area contributed by atoms with Crippen LogP contribution in [0.4, 0.5) is 5.69 Å². The van der Waals surface area contributed by atoms with E-state index in [4.69, 9.17) is 11.6 Å². The van der Waals surface area contributed by atoms with Crippen molar-refractivity contribution < 1.29 is 9.59 Å². The van der Waals surface area contributed by atoms with Crippen LogP contribution in [0.3, 0.4) is 0 Å². The van der Waals surface area contributed by atoms with Crippen LogP contribution in [0.25, 0.3) is 0 Å². The molecule has 0 aliphatic carbocycles. The third-order valence-corrected chi connectivity index (χ3v) is 4.54. The van der Waals surface area contributed by atoms with E-state index in [1.165, 1.54) is 0 Å². The molecule has 0 aromatic heterocycles. The third kappa shape index (κ3) is 4.01. The summed E-state index contributed by atoms with van der Waals surface area (Å²) in [7, 11) is 0. The van der Waals surface area contributed by atoms with Crippen molar-refractivity contribution >= 4 is 29.0 Å². The largest absolute Gasteiger partial charge is 0.324 e. The summed E-state index contributed by atoms with van der Waals surface area (Å²) >= 11 is 6.09. The summed E-state index contributed by atoms with van der Waals surface area (Å²) in [6.45, 7) is 1.80. The number of rotatable bonds is 5. The molecule has 0 radical (unpaired) electrons. The quantitative estimate of drug-likeness (QED) is 0.624. The number of carbonyl (C=O) groups excluding carboxylic acids is 2. The Bertz CT molecular complexity index is 938. The van der Waals surface area contributed by atoms with Gasteiger partial charge in [0.05, 0.1) is 16.6 Å².